The molecule has 0 aliphatic rings. The first kappa shape index (κ1) is 26.7. The van der Waals surface area contributed by atoms with Gasteiger partial charge in [-0.15, -0.1) is 0 Å². The van der Waals surface area contributed by atoms with Crippen molar-refractivity contribution >= 4 is 28.1 Å². The van der Waals surface area contributed by atoms with E-state index in [-0.39, 0.29) is 11.7 Å². The van der Waals surface area contributed by atoms with Gasteiger partial charge >= 0.3 is 0 Å². The second kappa shape index (κ2) is 18.4. The van der Waals surface area contributed by atoms with Gasteiger partial charge in [-0.05, 0) is 24.6 Å². The monoisotopic (exact) mass is 480 g/mol. The van der Waals surface area contributed by atoms with E-state index in [1.165, 1.54) is 89.7 Å². The molecule has 5 heteroatoms. The van der Waals surface area contributed by atoms with E-state index in [0.717, 1.165) is 17.3 Å². The number of phenolic OH excluding ortho intramolecular Hbond substituents is 1. The lowest BCUT2D eigenvalue weighted by Gasteiger charge is -2.03. The summed E-state index contributed by atoms with van der Waals surface area (Å²) in [7, 11) is 0. The van der Waals surface area contributed by atoms with Crippen LogP contribution in [0.25, 0.3) is 0 Å². The average molecular weight is 482 g/mol. The molecule has 170 valence electrons. The molecule has 0 saturated heterocycles. The first-order valence-electron chi connectivity index (χ1n) is 11.9. The van der Waals surface area contributed by atoms with E-state index in [2.05, 4.69) is 33.4 Å². The highest BCUT2D eigenvalue weighted by atomic mass is 79.9. The number of rotatable bonds is 18. The van der Waals surface area contributed by atoms with Gasteiger partial charge < -0.3 is 5.11 Å². The number of unbranched alkanes of at least 4 members (excludes halogenated alkanes) is 14. The zero-order valence-electron chi connectivity index (χ0n) is 18.8. The summed E-state index contributed by atoms with van der Waals surface area (Å²) in [4.78, 5) is 11.8. The maximum absolute atomic E-state index is 11.8. The van der Waals surface area contributed by atoms with Crippen molar-refractivity contribution in [3.63, 3.8) is 0 Å². The first-order chi connectivity index (χ1) is 14.6. The van der Waals surface area contributed by atoms with Crippen molar-refractivity contribution in [2.24, 2.45) is 5.10 Å². The number of carbonyl (C=O) groups is 1. The van der Waals surface area contributed by atoms with E-state index in [1.54, 1.807) is 18.2 Å². The maximum atomic E-state index is 11.8. The number of carbonyl (C=O) groups excluding carboxylic acids is 1. The Morgan fingerprint density at radius 1 is 0.900 bits per heavy atom. The van der Waals surface area contributed by atoms with Crippen LogP contribution in [0.15, 0.2) is 27.8 Å². The van der Waals surface area contributed by atoms with Gasteiger partial charge in [-0.2, -0.15) is 5.10 Å². The quantitative estimate of drug-likeness (QED) is 0.127. The minimum atomic E-state index is -0.0737. The van der Waals surface area contributed by atoms with Crippen molar-refractivity contribution in [1.29, 1.82) is 0 Å². The summed E-state index contributed by atoms with van der Waals surface area (Å²) >= 11 is 3.34. The van der Waals surface area contributed by atoms with E-state index in [0.29, 0.717) is 12.0 Å². The van der Waals surface area contributed by atoms with Gasteiger partial charge in [0.25, 0.3) is 0 Å². The van der Waals surface area contributed by atoms with Gasteiger partial charge in [0.05, 0.1) is 6.21 Å². The molecular formula is C25H41BrN2O2. The molecule has 0 fully saturated rings. The molecular weight excluding hydrogens is 440 g/mol. The summed E-state index contributed by atoms with van der Waals surface area (Å²) in [5.74, 6) is 0.0639. The highest BCUT2D eigenvalue weighted by Crippen LogP contribution is 2.20. The van der Waals surface area contributed by atoms with Crippen molar-refractivity contribution in [3.8, 4) is 5.75 Å². The lowest BCUT2D eigenvalue weighted by atomic mass is 10.0. The van der Waals surface area contributed by atoms with Crippen LogP contribution in [0.5, 0.6) is 5.75 Å². The molecule has 4 nitrogen and oxygen atoms in total. The molecule has 0 atom stereocenters. The lowest BCUT2D eigenvalue weighted by molar-refractivity contribution is -0.121. The van der Waals surface area contributed by atoms with Gasteiger partial charge in [-0.25, -0.2) is 5.43 Å². The largest absolute Gasteiger partial charge is 0.507 e. The molecule has 0 aliphatic heterocycles. The van der Waals surface area contributed by atoms with Crippen molar-refractivity contribution in [1.82, 2.24) is 5.43 Å². The van der Waals surface area contributed by atoms with Crippen molar-refractivity contribution < 1.29 is 9.90 Å². The molecule has 0 unspecified atom stereocenters. The van der Waals surface area contributed by atoms with Gasteiger partial charge in [0.2, 0.25) is 5.91 Å². The minimum Gasteiger partial charge on any atom is -0.507 e. The van der Waals surface area contributed by atoms with Crippen LogP contribution in [0.2, 0.25) is 0 Å². The van der Waals surface area contributed by atoms with Crippen LogP contribution in [0, 0.1) is 0 Å². The van der Waals surface area contributed by atoms with E-state index in [9.17, 15) is 9.90 Å². The van der Waals surface area contributed by atoms with Crippen LogP contribution in [0.1, 0.15) is 115 Å². The van der Waals surface area contributed by atoms with Crippen molar-refractivity contribution in [2.75, 3.05) is 0 Å². The van der Waals surface area contributed by atoms with E-state index in [4.69, 9.17) is 0 Å². The predicted molar refractivity (Wildman–Crippen MR) is 131 cm³/mol. The van der Waals surface area contributed by atoms with Gasteiger partial charge in [0, 0.05) is 16.5 Å². The van der Waals surface area contributed by atoms with Crippen LogP contribution in [-0.2, 0) is 4.79 Å². The van der Waals surface area contributed by atoms with Crippen molar-refractivity contribution in [3.05, 3.63) is 28.2 Å². The fraction of sp³-hybridized carbons (Fsp3) is 0.680. The Morgan fingerprint density at radius 3 is 1.93 bits per heavy atom. The fourth-order valence-electron chi connectivity index (χ4n) is 3.52. The van der Waals surface area contributed by atoms with E-state index < -0.39 is 0 Å². The molecule has 0 saturated carbocycles. The number of amides is 1. The zero-order valence-corrected chi connectivity index (χ0v) is 20.4. The molecule has 0 aliphatic carbocycles. The summed E-state index contributed by atoms with van der Waals surface area (Å²) in [5, 5.41) is 13.7. The molecule has 0 heterocycles. The highest BCUT2D eigenvalue weighted by molar-refractivity contribution is 9.10. The number of hydrogen-bond acceptors (Lipinski definition) is 3. The molecule has 1 aromatic carbocycles. The van der Waals surface area contributed by atoms with Gasteiger partial charge in [0.15, 0.2) is 0 Å². The SMILES string of the molecule is CCCCCCCCCCCCCCCCCC(=O)N/N=C/c1cc(Br)ccc1O. The smallest absolute Gasteiger partial charge is 0.240 e. The Balaban J connectivity index is 1.89. The Labute approximate surface area is 192 Å². The molecule has 0 radical (unpaired) electrons. The molecule has 1 aromatic rings. The number of nitrogens with zero attached hydrogens (tertiary/aromatic N) is 1. The lowest BCUT2D eigenvalue weighted by Crippen LogP contribution is -2.16. The summed E-state index contributed by atoms with van der Waals surface area (Å²) in [6, 6.07) is 5.09. The number of aromatic hydroxyl groups is 1. The highest BCUT2D eigenvalue weighted by Gasteiger charge is 2.01. The molecule has 0 bridgehead atoms. The third kappa shape index (κ3) is 14.6. The number of phenols is 1. The fourth-order valence-corrected chi connectivity index (χ4v) is 3.89. The third-order valence-corrected chi connectivity index (χ3v) is 5.88. The Morgan fingerprint density at radius 2 is 1.40 bits per heavy atom. The Bertz CT molecular complexity index is 605. The second-order valence-corrected chi connectivity index (χ2v) is 9.11. The van der Waals surface area contributed by atoms with Gasteiger partial charge in [0.1, 0.15) is 5.75 Å². The normalized spacial score (nSPS) is 11.3. The summed E-state index contributed by atoms with van der Waals surface area (Å²) in [5.41, 5.74) is 3.10. The zero-order chi connectivity index (χ0) is 21.9. The molecule has 0 aromatic heterocycles. The predicted octanol–water partition coefficient (Wildman–Crippen LogP) is 7.87. The van der Waals surface area contributed by atoms with Crippen LogP contribution in [0.3, 0.4) is 0 Å². The summed E-state index contributed by atoms with van der Waals surface area (Å²) in [6.45, 7) is 2.27. The number of halogens is 1. The average Bonchev–Trinajstić information content (AvgIpc) is 2.73. The van der Waals surface area contributed by atoms with Crippen molar-refractivity contribution in [2.45, 2.75) is 110 Å². The van der Waals surface area contributed by atoms with Crippen LogP contribution >= 0.6 is 15.9 Å². The topological polar surface area (TPSA) is 61.7 Å². The number of nitrogens with one attached hydrogen (secondary N) is 1. The van der Waals surface area contributed by atoms with Crippen LogP contribution in [0.4, 0.5) is 0 Å². The number of hydrazone groups is 1. The number of hydrogen-bond donors (Lipinski definition) is 2. The standard InChI is InChI=1S/C25H41BrN2O2/c1-2-3-4-5-6-7-8-9-10-11-12-13-14-15-16-17-25(30)28-27-21-22-20-23(26)18-19-24(22)29/h18-21,29H,2-17H2,1H3,(H,28,30)/b27-21+. The molecule has 1 rings (SSSR count). The first-order valence-corrected chi connectivity index (χ1v) is 12.7. The van der Waals surface area contributed by atoms with Gasteiger partial charge in [-0.1, -0.05) is 113 Å². The third-order valence-electron chi connectivity index (χ3n) is 5.39. The van der Waals surface area contributed by atoms with Crippen LogP contribution < -0.4 is 5.43 Å². The molecule has 1 amide bonds. The Kier molecular flexibility index (Phi) is 16.4. The van der Waals surface area contributed by atoms with E-state index in [1.807, 2.05) is 0 Å². The maximum Gasteiger partial charge on any atom is 0.240 e. The van der Waals surface area contributed by atoms with E-state index >= 15 is 0 Å². The van der Waals surface area contributed by atoms with Gasteiger partial charge in [-0.3, -0.25) is 4.79 Å². The van der Waals surface area contributed by atoms with Crippen LogP contribution in [-0.4, -0.2) is 17.2 Å². The minimum absolute atomic E-state index is 0.0737. The summed E-state index contributed by atoms with van der Waals surface area (Å²) in [6.07, 6.45) is 21.7. The summed E-state index contributed by atoms with van der Waals surface area (Å²) < 4.78 is 0.853. The Hall–Kier alpha value is -1.36. The molecule has 0 spiro atoms. The molecule has 2 N–H and O–H groups in total. The second-order valence-electron chi connectivity index (χ2n) is 8.20. The molecule has 30 heavy (non-hydrogen) atoms. The number of benzene rings is 1.